The van der Waals surface area contributed by atoms with Gasteiger partial charge >= 0.3 is 0 Å². The molecule has 0 aliphatic carbocycles. The SMILES string of the molecule is Cc1c(N)cnn1C.Cl. The van der Waals surface area contributed by atoms with Gasteiger partial charge in [0.15, 0.2) is 0 Å². The molecule has 0 unspecified atom stereocenters. The van der Waals surface area contributed by atoms with Crippen LogP contribution in [0.5, 0.6) is 0 Å². The molecule has 52 valence electrons. The molecule has 9 heavy (non-hydrogen) atoms. The van der Waals surface area contributed by atoms with E-state index in [1.165, 1.54) is 0 Å². The lowest BCUT2D eigenvalue weighted by Crippen LogP contribution is -1.93. The van der Waals surface area contributed by atoms with Crippen molar-refractivity contribution in [3.05, 3.63) is 11.9 Å². The fourth-order valence-electron chi connectivity index (χ4n) is 0.516. The predicted octanol–water partition coefficient (Wildman–Crippen LogP) is 0.733. The molecule has 0 aliphatic rings. The second kappa shape index (κ2) is 2.73. The van der Waals surface area contributed by atoms with Crippen LogP contribution in [0.1, 0.15) is 5.69 Å². The molecule has 0 saturated carbocycles. The number of aromatic nitrogens is 2. The van der Waals surface area contributed by atoms with Gasteiger partial charge in [0.25, 0.3) is 0 Å². The quantitative estimate of drug-likeness (QED) is 0.588. The Kier molecular flexibility index (Phi) is 2.52. The summed E-state index contributed by atoms with van der Waals surface area (Å²) >= 11 is 0. The van der Waals surface area contributed by atoms with E-state index in [4.69, 9.17) is 5.73 Å². The molecule has 0 fully saturated rings. The maximum Gasteiger partial charge on any atom is 0.0730 e. The Labute approximate surface area is 60.3 Å². The zero-order chi connectivity index (χ0) is 6.15. The number of halogens is 1. The summed E-state index contributed by atoms with van der Waals surface area (Å²) in [6, 6.07) is 0. The third-order valence-corrected chi connectivity index (χ3v) is 1.27. The number of aryl methyl sites for hydroxylation is 1. The Morgan fingerprint density at radius 2 is 2.22 bits per heavy atom. The highest BCUT2D eigenvalue weighted by Gasteiger charge is 1.94. The zero-order valence-electron chi connectivity index (χ0n) is 5.46. The molecule has 2 N–H and O–H groups in total. The average molecular weight is 148 g/mol. The number of nitrogens with two attached hydrogens (primary N) is 1. The van der Waals surface area contributed by atoms with E-state index in [0.717, 1.165) is 11.4 Å². The number of hydrogen-bond acceptors (Lipinski definition) is 2. The van der Waals surface area contributed by atoms with Crippen LogP contribution in [-0.4, -0.2) is 9.78 Å². The van der Waals surface area contributed by atoms with Crippen molar-refractivity contribution in [2.75, 3.05) is 5.73 Å². The van der Waals surface area contributed by atoms with Crippen molar-refractivity contribution < 1.29 is 0 Å². The molecule has 0 spiro atoms. The van der Waals surface area contributed by atoms with Crippen LogP contribution in [0.15, 0.2) is 6.20 Å². The first-order chi connectivity index (χ1) is 3.72. The molecular formula is C5H10ClN3. The summed E-state index contributed by atoms with van der Waals surface area (Å²) in [4.78, 5) is 0. The normalized spacial score (nSPS) is 8.67. The van der Waals surface area contributed by atoms with Gasteiger partial charge in [0.2, 0.25) is 0 Å². The number of rotatable bonds is 0. The molecule has 1 aromatic rings. The first kappa shape index (κ1) is 8.30. The highest BCUT2D eigenvalue weighted by atomic mass is 35.5. The molecule has 1 aromatic heterocycles. The van der Waals surface area contributed by atoms with Crippen LogP contribution in [0.2, 0.25) is 0 Å². The molecule has 0 aromatic carbocycles. The van der Waals surface area contributed by atoms with Crippen molar-refractivity contribution in [2.45, 2.75) is 6.92 Å². The summed E-state index contributed by atoms with van der Waals surface area (Å²) in [5.74, 6) is 0. The average Bonchev–Trinajstić information content (AvgIpc) is 1.98. The van der Waals surface area contributed by atoms with Gasteiger partial charge in [0.1, 0.15) is 0 Å². The van der Waals surface area contributed by atoms with E-state index in [1.807, 2.05) is 14.0 Å². The lowest BCUT2D eigenvalue weighted by molar-refractivity contribution is 0.740. The summed E-state index contributed by atoms with van der Waals surface area (Å²) < 4.78 is 1.75. The van der Waals surface area contributed by atoms with E-state index in [-0.39, 0.29) is 12.4 Å². The van der Waals surface area contributed by atoms with Gasteiger partial charge in [-0.15, -0.1) is 12.4 Å². The van der Waals surface area contributed by atoms with Crippen LogP contribution < -0.4 is 5.73 Å². The number of hydrogen-bond donors (Lipinski definition) is 1. The largest absolute Gasteiger partial charge is 0.396 e. The lowest BCUT2D eigenvalue weighted by atomic mass is 10.4. The van der Waals surface area contributed by atoms with Gasteiger partial charge in [0.05, 0.1) is 17.6 Å². The van der Waals surface area contributed by atoms with E-state index in [0.29, 0.717) is 0 Å². The van der Waals surface area contributed by atoms with Crippen molar-refractivity contribution in [1.29, 1.82) is 0 Å². The topological polar surface area (TPSA) is 43.8 Å². The van der Waals surface area contributed by atoms with Gasteiger partial charge in [-0.25, -0.2) is 0 Å². The maximum atomic E-state index is 5.46. The van der Waals surface area contributed by atoms with E-state index < -0.39 is 0 Å². The number of anilines is 1. The zero-order valence-corrected chi connectivity index (χ0v) is 6.27. The Morgan fingerprint density at radius 3 is 2.33 bits per heavy atom. The molecule has 0 radical (unpaired) electrons. The standard InChI is InChI=1S/C5H9N3.ClH/c1-4-5(6)3-7-8(4)2;/h3H,6H2,1-2H3;1H. The van der Waals surface area contributed by atoms with Crippen molar-refractivity contribution >= 4 is 18.1 Å². The molecule has 0 atom stereocenters. The third-order valence-electron chi connectivity index (χ3n) is 1.27. The van der Waals surface area contributed by atoms with Crippen molar-refractivity contribution in [3.63, 3.8) is 0 Å². The Bertz CT molecular complexity index is 175. The van der Waals surface area contributed by atoms with Crippen molar-refractivity contribution in [2.24, 2.45) is 7.05 Å². The molecule has 0 bridgehead atoms. The van der Waals surface area contributed by atoms with Gasteiger partial charge in [0, 0.05) is 7.05 Å². The highest BCUT2D eigenvalue weighted by Crippen LogP contribution is 2.04. The number of nitrogen functional groups attached to an aromatic ring is 1. The number of nitrogens with zero attached hydrogens (tertiary/aromatic N) is 2. The molecule has 1 heterocycles. The van der Waals surface area contributed by atoms with Crippen LogP contribution in [0, 0.1) is 6.92 Å². The maximum absolute atomic E-state index is 5.46. The van der Waals surface area contributed by atoms with Crippen molar-refractivity contribution in [3.8, 4) is 0 Å². The van der Waals surface area contributed by atoms with Gasteiger partial charge in [-0.2, -0.15) is 5.10 Å². The molecule has 3 nitrogen and oxygen atoms in total. The molecule has 4 heteroatoms. The summed E-state index contributed by atoms with van der Waals surface area (Å²) in [5, 5.41) is 3.91. The van der Waals surface area contributed by atoms with E-state index in [9.17, 15) is 0 Å². The highest BCUT2D eigenvalue weighted by molar-refractivity contribution is 5.85. The van der Waals surface area contributed by atoms with Crippen LogP contribution in [0.25, 0.3) is 0 Å². The summed E-state index contributed by atoms with van der Waals surface area (Å²) in [5.41, 5.74) is 7.23. The molecule has 0 saturated heterocycles. The second-order valence-electron chi connectivity index (χ2n) is 1.81. The summed E-state index contributed by atoms with van der Waals surface area (Å²) in [6.07, 6.45) is 1.65. The summed E-state index contributed by atoms with van der Waals surface area (Å²) in [7, 11) is 1.87. The Hall–Kier alpha value is -0.700. The van der Waals surface area contributed by atoms with Crippen LogP contribution in [-0.2, 0) is 7.05 Å². The van der Waals surface area contributed by atoms with E-state index >= 15 is 0 Å². The monoisotopic (exact) mass is 147 g/mol. The van der Waals surface area contributed by atoms with Gasteiger partial charge < -0.3 is 5.73 Å². The first-order valence-corrected chi connectivity index (χ1v) is 2.46. The van der Waals surface area contributed by atoms with Gasteiger partial charge in [-0.1, -0.05) is 0 Å². The lowest BCUT2D eigenvalue weighted by Gasteiger charge is -1.90. The smallest absolute Gasteiger partial charge is 0.0730 e. The van der Waals surface area contributed by atoms with E-state index in [2.05, 4.69) is 5.10 Å². The molecular weight excluding hydrogens is 138 g/mol. The fourth-order valence-corrected chi connectivity index (χ4v) is 0.516. The minimum Gasteiger partial charge on any atom is -0.396 e. The second-order valence-corrected chi connectivity index (χ2v) is 1.81. The van der Waals surface area contributed by atoms with E-state index in [1.54, 1.807) is 10.9 Å². The fraction of sp³-hybridized carbons (Fsp3) is 0.400. The molecule has 0 amide bonds. The third kappa shape index (κ3) is 1.36. The molecule has 1 rings (SSSR count). The predicted molar refractivity (Wildman–Crippen MR) is 39.6 cm³/mol. The summed E-state index contributed by atoms with van der Waals surface area (Å²) in [6.45, 7) is 1.93. The first-order valence-electron chi connectivity index (χ1n) is 2.46. The van der Waals surface area contributed by atoms with Gasteiger partial charge in [-0.3, -0.25) is 4.68 Å². The Balaban J connectivity index is 0.000000640. The van der Waals surface area contributed by atoms with Crippen LogP contribution in [0.3, 0.4) is 0 Å². The van der Waals surface area contributed by atoms with Crippen LogP contribution >= 0.6 is 12.4 Å². The van der Waals surface area contributed by atoms with Crippen molar-refractivity contribution in [1.82, 2.24) is 9.78 Å². The minimum atomic E-state index is 0. The minimum absolute atomic E-state index is 0. The van der Waals surface area contributed by atoms with Gasteiger partial charge in [-0.05, 0) is 6.92 Å². The Morgan fingerprint density at radius 1 is 1.67 bits per heavy atom. The van der Waals surface area contributed by atoms with Crippen LogP contribution in [0.4, 0.5) is 5.69 Å². The molecule has 0 aliphatic heterocycles.